The fourth-order valence-electron chi connectivity index (χ4n) is 3.65. The van der Waals surface area contributed by atoms with Crippen molar-refractivity contribution in [2.24, 2.45) is 4.99 Å². The van der Waals surface area contributed by atoms with E-state index in [9.17, 15) is 0 Å². The van der Waals surface area contributed by atoms with E-state index in [4.69, 9.17) is 21.1 Å². The van der Waals surface area contributed by atoms with Gasteiger partial charge in [-0.25, -0.2) is 4.98 Å². The van der Waals surface area contributed by atoms with Crippen LogP contribution in [0.4, 0.5) is 5.82 Å². The number of guanidine groups is 1. The molecule has 2 aromatic rings. The number of rotatable bonds is 7. The highest BCUT2D eigenvalue weighted by Gasteiger charge is 2.22. The van der Waals surface area contributed by atoms with Crippen molar-refractivity contribution in [3.05, 3.63) is 52.7 Å². The number of anilines is 1. The molecule has 1 fully saturated rings. The summed E-state index contributed by atoms with van der Waals surface area (Å²) in [6.45, 7) is 7.29. The monoisotopic (exact) mass is 573 g/mol. The summed E-state index contributed by atoms with van der Waals surface area (Å²) in [5.41, 5.74) is 2.16. The molecule has 2 unspecified atom stereocenters. The van der Waals surface area contributed by atoms with E-state index in [1.54, 1.807) is 14.2 Å². The van der Waals surface area contributed by atoms with Crippen LogP contribution in [0.3, 0.4) is 0 Å². The second-order valence-electron chi connectivity index (χ2n) is 7.75. The second kappa shape index (κ2) is 13.1. The number of nitrogens with one attached hydrogen (secondary N) is 2. The molecule has 1 saturated heterocycles. The van der Waals surface area contributed by atoms with Gasteiger partial charge in [0.05, 0.1) is 19.3 Å². The van der Waals surface area contributed by atoms with Crippen LogP contribution in [0, 0.1) is 0 Å². The van der Waals surface area contributed by atoms with Crippen LogP contribution in [0.2, 0.25) is 5.02 Å². The minimum atomic E-state index is 0. The molecule has 0 bridgehead atoms. The third-order valence-electron chi connectivity index (χ3n) is 5.18. The first-order valence-corrected chi connectivity index (χ1v) is 11.0. The zero-order chi connectivity index (χ0) is 22.2. The lowest BCUT2D eigenvalue weighted by molar-refractivity contribution is -0.00545. The van der Waals surface area contributed by atoms with Crippen LogP contribution in [0.5, 0.6) is 5.75 Å². The Balaban J connectivity index is 0.00000363. The molecule has 2 N–H and O–H groups in total. The number of benzene rings is 1. The van der Waals surface area contributed by atoms with Crippen molar-refractivity contribution >= 4 is 47.4 Å². The van der Waals surface area contributed by atoms with E-state index < -0.39 is 0 Å². The molecule has 1 aliphatic heterocycles. The Morgan fingerprint density at radius 3 is 2.56 bits per heavy atom. The Kier molecular flexibility index (Phi) is 10.8. The normalized spacial score (nSPS) is 18.7. The number of hydrogen-bond donors (Lipinski definition) is 2. The lowest BCUT2D eigenvalue weighted by atomic mass is 10.1. The summed E-state index contributed by atoms with van der Waals surface area (Å²) in [7, 11) is 3.40. The number of methoxy groups -OCH3 is 1. The molecule has 2 atom stereocenters. The van der Waals surface area contributed by atoms with Gasteiger partial charge in [-0.1, -0.05) is 23.7 Å². The molecule has 7 nitrogen and oxygen atoms in total. The van der Waals surface area contributed by atoms with Crippen molar-refractivity contribution in [1.29, 1.82) is 0 Å². The van der Waals surface area contributed by atoms with Gasteiger partial charge in [0.1, 0.15) is 11.6 Å². The number of halogens is 2. The molecule has 0 spiro atoms. The molecule has 0 amide bonds. The lowest BCUT2D eigenvalue weighted by Crippen LogP contribution is -2.45. The van der Waals surface area contributed by atoms with Crippen LogP contribution in [-0.4, -0.2) is 56.9 Å². The van der Waals surface area contributed by atoms with E-state index in [2.05, 4.69) is 51.5 Å². The summed E-state index contributed by atoms with van der Waals surface area (Å²) < 4.78 is 11.0. The average Bonchev–Trinajstić information content (AvgIpc) is 2.76. The van der Waals surface area contributed by atoms with E-state index in [1.165, 1.54) is 0 Å². The van der Waals surface area contributed by atoms with Crippen molar-refractivity contribution in [1.82, 2.24) is 15.6 Å². The molecular weight excluding hydrogens is 541 g/mol. The van der Waals surface area contributed by atoms with Gasteiger partial charge < -0.3 is 25.0 Å². The molecule has 1 aromatic carbocycles. The first-order valence-electron chi connectivity index (χ1n) is 10.6. The molecule has 1 aliphatic rings. The SMILES string of the molecule is CN=C(NCCc1ccc(OC)cc1Cl)NCc1ccc(N2CC(C)OC(C)C2)nc1.I. The van der Waals surface area contributed by atoms with E-state index >= 15 is 0 Å². The number of nitrogens with zero attached hydrogens (tertiary/aromatic N) is 3. The molecule has 1 aromatic heterocycles. The summed E-state index contributed by atoms with van der Waals surface area (Å²) in [6.07, 6.45) is 3.14. The summed E-state index contributed by atoms with van der Waals surface area (Å²) in [5.74, 6) is 2.49. The van der Waals surface area contributed by atoms with Gasteiger partial charge in [-0.2, -0.15) is 0 Å². The average molecular weight is 574 g/mol. The summed E-state index contributed by atoms with van der Waals surface area (Å²) in [4.78, 5) is 11.2. The first-order chi connectivity index (χ1) is 15.0. The number of morpholine rings is 1. The predicted molar refractivity (Wildman–Crippen MR) is 142 cm³/mol. The Morgan fingerprint density at radius 2 is 1.97 bits per heavy atom. The smallest absolute Gasteiger partial charge is 0.191 e. The van der Waals surface area contributed by atoms with Crippen LogP contribution >= 0.6 is 35.6 Å². The number of ether oxygens (including phenoxy) is 2. The van der Waals surface area contributed by atoms with Gasteiger partial charge in [0.15, 0.2) is 5.96 Å². The number of pyridine rings is 1. The molecule has 0 aliphatic carbocycles. The molecule has 3 rings (SSSR count). The van der Waals surface area contributed by atoms with Crippen LogP contribution in [-0.2, 0) is 17.7 Å². The standard InChI is InChI=1S/C23H32ClN5O2.HI/c1-16-14-29(15-17(2)31-16)22-8-5-18(12-27-22)13-28-23(25-3)26-10-9-19-6-7-20(30-4)11-21(19)24;/h5-8,11-12,16-17H,9-10,13-15H2,1-4H3,(H2,25,26,28);1H. The zero-order valence-corrected chi connectivity index (χ0v) is 22.2. The quantitative estimate of drug-likeness (QED) is 0.298. The molecule has 0 radical (unpaired) electrons. The maximum Gasteiger partial charge on any atom is 0.191 e. The fourth-order valence-corrected chi connectivity index (χ4v) is 3.92. The van der Waals surface area contributed by atoms with E-state index in [0.29, 0.717) is 11.6 Å². The van der Waals surface area contributed by atoms with E-state index in [-0.39, 0.29) is 36.2 Å². The highest BCUT2D eigenvalue weighted by Crippen LogP contribution is 2.22. The van der Waals surface area contributed by atoms with Crippen molar-refractivity contribution in [2.75, 3.05) is 38.7 Å². The largest absolute Gasteiger partial charge is 0.497 e. The molecule has 9 heteroatoms. The third kappa shape index (κ3) is 7.67. The number of hydrogen-bond acceptors (Lipinski definition) is 5. The second-order valence-corrected chi connectivity index (χ2v) is 8.15. The van der Waals surface area contributed by atoms with Gasteiger partial charge in [-0.05, 0) is 49.6 Å². The number of aromatic nitrogens is 1. The molecule has 0 saturated carbocycles. The molecule has 32 heavy (non-hydrogen) atoms. The Bertz CT molecular complexity index is 871. The summed E-state index contributed by atoms with van der Waals surface area (Å²) in [6, 6.07) is 9.92. The topological polar surface area (TPSA) is 71.0 Å². The van der Waals surface area contributed by atoms with Crippen molar-refractivity contribution in [3.63, 3.8) is 0 Å². The Labute approximate surface area is 213 Å². The van der Waals surface area contributed by atoms with Crippen LogP contribution in [0.1, 0.15) is 25.0 Å². The first kappa shape index (κ1) is 26.5. The summed E-state index contributed by atoms with van der Waals surface area (Å²) >= 11 is 6.31. The van der Waals surface area contributed by atoms with Crippen molar-refractivity contribution in [3.8, 4) is 5.75 Å². The summed E-state index contributed by atoms with van der Waals surface area (Å²) in [5, 5.41) is 7.36. The lowest BCUT2D eigenvalue weighted by Gasteiger charge is -2.36. The van der Waals surface area contributed by atoms with Gasteiger partial charge in [0.2, 0.25) is 0 Å². The maximum absolute atomic E-state index is 6.31. The van der Waals surface area contributed by atoms with Gasteiger partial charge in [-0.15, -0.1) is 24.0 Å². The van der Waals surface area contributed by atoms with E-state index in [0.717, 1.165) is 54.7 Å². The van der Waals surface area contributed by atoms with Gasteiger partial charge in [0.25, 0.3) is 0 Å². The Morgan fingerprint density at radius 1 is 1.22 bits per heavy atom. The van der Waals surface area contributed by atoms with Crippen LogP contribution in [0.15, 0.2) is 41.5 Å². The highest BCUT2D eigenvalue weighted by molar-refractivity contribution is 14.0. The fraction of sp³-hybridized carbons (Fsp3) is 0.478. The van der Waals surface area contributed by atoms with E-state index in [1.807, 2.05) is 24.4 Å². The van der Waals surface area contributed by atoms with Crippen molar-refractivity contribution < 1.29 is 9.47 Å². The minimum absolute atomic E-state index is 0. The van der Waals surface area contributed by atoms with Gasteiger partial charge in [-0.3, -0.25) is 4.99 Å². The maximum atomic E-state index is 6.31. The van der Waals surface area contributed by atoms with Gasteiger partial charge in [0, 0.05) is 44.4 Å². The Hall–Kier alpha value is -1.78. The zero-order valence-electron chi connectivity index (χ0n) is 19.1. The minimum Gasteiger partial charge on any atom is -0.497 e. The third-order valence-corrected chi connectivity index (χ3v) is 5.54. The molecule has 176 valence electrons. The predicted octanol–water partition coefficient (Wildman–Crippen LogP) is 3.88. The van der Waals surface area contributed by atoms with Crippen LogP contribution in [0.25, 0.3) is 0 Å². The highest BCUT2D eigenvalue weighted by atomic mass is 127. The molecular formula is C23H33ClIN5O2. The van der Waals surface area contributed by atoms with Gasteiger partial charge >= 0.3 is 0 Å². The molecule has 2 heterocycles. The van der Waals surface area contributed by atoms with Crippen molar-refractivity contribution in [2.45, 2.75) is 39.0 Å². The number of aliphatic imine (C=N–C) groups is 1. The van der Waals surface area contributed by atoms with Crippen LogP contribution < -0.4 is 20.3 Å².